The third-order valence-corrected chi connectivity index (χ3v) is 4.65. The summed E-state index contributed by atoms with van der Waals surface area (Å²) in [5, 5.41) is 17.5. The Morgan fingerprint density at radius 3 is 2.54 bits per heavy atom. The fourth-order valence-electron chi connectivity index (χ4n) is 3.10. The van der Waals surface area contributed by atoms with E-state index < -0.39 is 0 Å². The summed E-state index contributed by atoms with van der Waals surface area (Å²) in [6, 6.07) is 18.9. The van der Waals surface area contributed by atoms with Crippen LogP contribution in [0.3, 0.4) is 0 Å². The minimum atomic E-state index is 0.242. The van der Waals surface area contributed by atoms with Crippen LogP contribution in [0.5, 0.6) is 0 Å². The maximum Gasteiger partial charge on any atom is 0.0975 e. The largest absolute Gasteiger partial charge is 0.396 e. The molecule has 0 fully saturated rings. The van der Waals surface area contributed by atoms with Gasteiger partial charge in [0, 0.05) is 36.5 Å². The number of aryl methyl sites for hydroxylation is 1. The third kappa shape index (κ3) is 4.40. The summed E-state index contributed by atoms with van der Waals surface area (Å²) in [4.78, 5) is 0. The van der Waals surface area contributed by atoms with E-state index in [0.29, 0.717) is 6.04 Å². The molecule has 3 aromatic rings. The van der Waals surface area contributed by atoms with Gasteiger partial charge in [-0.3, -0.25) is 0 Å². The lowest BCUT2D eigenvalue weighted by Crippen LogP contribution is -2.25. The fourth-order valence-corrected chi connectivity index (χ4v) is 3.10. The Morgan fingerprint density at radius 2 is 1.81 bits per heavy atom. The summed E-state index contributed by atoms with van der Waals surface area (Å²) in [7, 11) is 0. The van der Waals surface area contributed by atoms with E-state index in [1.807, 2.05) is 22.9 Å². The van der Waals surface area contributed by atoms with Gasteiger partial charge in [-0.25, -0.2) is 4.68 Å². The first-order chi connectivity index (χ1) is 12.7. The van der Waals surface area contributed by atoms with Crippen molar-refractivity contribution in [2.24, 2.45) is 0 Å². The number of nitrogens with zero attached hydrogens (tertiary/aromatic N) is 2. The van der Waals surface area contributed by atoms with Crippen molar-refractivity contribution >= 4 is 0 Å². The zero-order valence-corrected chi connectivity index (χ0v) is 15.5. The molecule has 0 bridgehead atoms. The van der Waals surface area contributed by atoms with Crippen molar-refractivity contribution in [2.45, 2.75) is 39.3 Å². The van der Waals surface area contributed by atoms with Gasteiger partial charge in [0.15, 0.2) is 0 Å². The molecular weight excluding hydrogens is 322 g/mol. The lowest BCUT2D eigenvalue weighted by Gasteiger charge is -2.13. The molecule has 26 heavy (non-hydrogen) atoms. The van der Waals surface area contributed by atoms with Crippen molar-refractivity contribution < 1.29 is 5.11 Å². The molecule has 0 amide bonds. The molecule has 0 saturated heterocycles. The first-order valence-electron chi connectivity index (χ1n) is 9.23. The highest BCUT2D eigenvalue weighted by Gasteiger charge is 2.14. The van der Waals surface area contributed by atoms with Crippen LogP contribution in [0.25, 0.3) is 16.9 Å². The molecule has 1 unspecified atom stereocenters. The number of aliphatic hydroxyl groups excluding tert-OH is 1. The fraction of sp³-hybridized carbons (Fsp3) is 0.318. The lowest BCUT2D eigenvalue weighted by molar-refractivity contribution is 0.276. The van der Waals surface area contributed by atoms with Crippen LogP contribution in [-0.4, -0.2) is 27.5 Å². The van der Waals surface area contributed by atoms with Gasteiger partial charge in [-0.15, -0.1) is 0 Å². The van der Waals surface area contributed by atoms with E-state index in [1.165, 1.54) is 16.7 Å². The molecule has 0 aliphatic carbocycles. The number of aromatic nitrogens is 2. The molecule has 136 valence electrons. The van der Waals surface area contributed by atoms with Crippen molar-refractivity contribution in [1.82, 2.24) is 15.1 Å². The monoisotopic (exact) mass is 349 g/mol. The van der Waals surface area contributed by atoms with E-state index >= 15 is 0 Å². The Balaban J connectivity index is 1.91. The molecule has 1 heterocycles. The van der Waals surface area contributed by atoms with Gasteiger partial charge in [0.25, 0.3) is 0 Å². The first-order valence-corrected chi connectivity index (χ1v) is 9.23. The summed E-state index contributed by atoms with van der Waals surface area (Å²) in [6.07, 6.45) is 3.90. The van der Waals surface area contributed by atoms with Crippen LogP contribution in [0, 0.1) is 6.92 Å². The summed E-state index contributed by atoms with van der Waals surface area (Å²) < 4.78 is 1.96. The molecular formula is C22H27N3O. The Hall–Kier alpha value is -2.43. The maximum absolute atomic E-state index is 9.01. The Bertz CT molecular complexity index is 826. The van der Waals surface area contributed by atoms with Crippen LogP contribution >= 0.6 is 0 Å². The van der Waals surface area contributed by atoms with Crippen molar-refractivity contribution in [3.63, 3.8) is 0 Å². The molecule has 1 atom stereocenters. The number of hydrogen-bond donors (Lipinski definition) is 2. The van der Waals surface area contributed by atoms with Crippen molar-refractivity contribution in [2.75, 3.05) is 6.61 Å². The summed E-state index contributed by atoms with van der Waals surface area (Å²) >= 11 is 0. The van der Waals surface area contributed by atoms with E-state index in [-0.39, 0.29) is 6.61 Å². The molecule has 3 rings (SSSR count). The molecule has 0 spiro atoms. The van der Waals surface area contributed by atoms with E-state index in [9.17, 15) is 0 Å². The average molecular weight is 349 g/mol. The SMILES string of the molecule is Cc1ccccc1-c1nn(-c2ccccc2)cc1CNC(C)CCCO. The van der Waals surface area contributed by atoms with Crippen molar-refractivity contribution in [3.8, 4) is 16.9 Å². The van der Waals surface area contributed by atoms with Gasteiger partial charge >= 0.3 is 0 Å². The first kappa shape index (κ1) is 18.4. The van der Waals surface area contributed by atoms with Crippen LogP contribution < -0.4 is 5.32 Å². The van der Waals surface area contributed by atoms with Gasteiger partial charge in [0.05, 0.1) is 11.4 Å². The zero-order valence-electron chi connectivity index (χ0n) is 15.5. The van der Waals surface area contributed by atoms with Gasteiger partial charge in [-0.2, -0.15) is 5.10 Å². The molecule has 1 aromatic heterocycles. The quantitative estimate of drug-likeness (QED) is 0.644. The summed E-state index contributed by atoms with van der Waals surface area (Å²) in [6.45, 7) is 5.28. The van der Waals surface area contributed by atoms with Crippen molar-refractivity contribution in [3.05, 3.63) is 71.9 Å². The van der Waals surface area contributed by atoms with Crippen LogP contribution in [0.1, 0.15) is 30.9 Å². The highest BCUT2D eigenvalue weighted by atomic mass is 16.2. The number of aliphatic hydroxyl groups is 1. The van der Waals surface area contributed by atoms with E-state index in [4.69, 9.17) is 10.2 Å². The van der Waals surface area contributed by atoms with Gasteiger partial charge < -0.3 is 10.4 Å². The second kappa shape index (κ2) is 8.79. The van der Waals surface area contributed by atoms with Crippen LogP contribution in [0.15, 0.2) is 60.8 Å². The number of hydrogen-bond acceptors (Lipinski definition) is 3. The van der Waals surface area contributed by atoms with Crippen LogP contribution in [-0.2, 0) is 6.54 Å². The molecule has 2 aromatic carbocycles. The smallest absolute Gasteiger partial charge is 0.0975 e. The van der Waals surface area contributed by atoms with Gasteiger partial charge in [-0.1, -0.05) is 42.5 Å². The number of nitrogens with one attached hydrogen (secondary N) is 1. The Labute approximate surface area is 155 Å². The van der Waals surface area contributed by atoms with E-state index in [0.717, 1.165) is 30.8 Å². The number of para-hydroxylation sites is 1. The molecule has 0 aliphatic rings. The minimum absolute atomic E-state index is 0.242. The summed E-state index contributed by atoms with van der Waals surface area (Å²) in [5.74, 6) is 0. The average Bonchev–Trinajstić information content (AvgIpc) is 3.10. The Morgan fingerprint density at radius 1 is 1.08 bits per heavy atom. The van der Waals surface area contributed by atoms with Gasteiger partial charge in [0.2, 0.25) is 0 Å². The second-order valence-electron chi connectivity index (χ2n) is 6.75. The standard InChI is InChI=1S/C22H27N3O/c1-17-9-6-7-13-21(17)22-19(15-23-18(2)10-8-14-26)16-25(24-22)20-11-4-3-5-12-20/h3-7,9,11-13,16,18,23,26H,8,10,14-15H2,1-2H3. The van der Waals surface area contributed by atoms with Crippen LogP contribution in [0.4, 0.5) is 0 Å². The van der Waals surface area contributed by atoms with Crippen LogP contribution in [0.2, 0.25) is 0 Å². The minimum Gasteiger partial charge on any atom is -0.396 e. The normalized spacial score (nSPS) is 12.3. The zero-order chi connectivity index (χ0) is 18.4. The van der Waals surface area contributed by atoms with Crippen molar-refractivity contribution in [1.29, 1.82) is 0 Å². The predicted octanol–water partition coefficient (Wildman–Crippen LogP) is 4.10. The summed E-state index contributed by atoms with van der Waals surface area (Å²) in [5.41, 5.74) is 5.65. The molecule has 0 aliphatic heterocycles. The molecule has 4 nitrogen and oxygen atoms in total. The molecule has 0 radical (unpaired) electrons. The van der Waals surface area contributed by atoms with E-state index in [2.05, 4.69) is 61.8 Å². The number of benzene rings is 2. The molecule has 0 saturated carbocycles. The number of rotatable bonds is 8. The Kier molecular flexibility index (Phi) is 6.21. The molecule has 4 heteroatoms. The highest BCUT2D eigenvalue weighted by Crippen LogP contribution is 2.26. The molecule has 2 N–H and O–H groups in total. The highest BCUT2D eigenvalue weighted by molar-refractivity contribution is 5.66. The maximum atomic E-state index is 9.01. The topological polar surface area (TPSA) is 50.1 Å². The lowest BCUT2D eigenvalue weighted by atomic mass is 10.0. The second-order valence-corrected chi connectivity index (χ2v) is 6.75. The predicted molar refractivity (Wildman–Crippen MR) is 106 cm³/mol. The van der Waals surface area contributed by atoms with Gasteiger partial charge in [-0.05, 0) is 44.4 Å². The van der Waals surface area contributed by atoms with E-state index in [1.54, 1.807) is 0 Å². The van der Waals surface area contributed by atoms with Gasteiger partial charge in [0.1, 0.15) is 0 Å². The third-order valence-electron chi connectivity index (χ3n) is 4.65.